The zero-order chi connectivity index (χ0) is 9.78. The van der Waals surface area contributed by atoms with E-state index in [4.69, 9.17) is 12.2 Å². The van der Waals surface area contributed by atoms with Gasteiger partial charge in [-0.25, -0.2) is 5.01 Å². The van der Waals surface area contributed by atoms with Gasteiger partial charge in [0.15, 0.2) is 5.11 Å². The van der Waals surface area contributed by atoms with Crippen molar-refractivity contribution in [1.82, 2.24) is 15.8 Å². The molecule has 0 aliphatic rings. The molecule has 0 fully saturated rings. The largest absolute Gasteiger partial charge is 0.357 e. The molecule has 0 aromatic rings. The second kappa shape index (κ2) is 4.62. The highest BCUT2D eigenvalue weighted by molar-refractivity contribution is 7.80. The summed E-state index contributed by atoms with van der Waals surface area (Å²) in [6.45, 7) is 6.37. The fourth-order valence-electron chi connectivity index (χ4n) is 0.627. The highest BCUT2D eigenvalue weighted by Gasteiger charge is 2.15. The van der Waals surface area contributed by atoms with Gasteiger partial charge in [-0.2, -0.15) is 0 Å². The van der Waals surface area contributed by atoms with E-state index in [-0.39, 0.29) is 5.54 Å². The Bertz CT molecular complexity index is 154. The highest BCUT2D eigenvalue weighted by Crippen LogP contribution is 2.05. The van der Waals surface area contributed by atoms with E-state index in [9.17, 15) is 0 Å². The van der Waals surface area contributed by atoms with Crippen LogP contribution in [-0.2, 0) is 0 Å². The molecule has 0 atom stereocenters. The van der Waals surface area contributed by atoms with Gasteiger partial charge in [-0.1, -0.05) is 6.92 Å². The second-order valence-corrected chi connectivity index (χ2v) is 4.11. The van der Waals surface area contributed by atoms with Crippen LogP contribution >= 0.6 is 12.2 Å². The maximum atomic E-state index is 5.08. The Morgan fingerprint density at radius 2 is 1.92 bits per heavy atom. The van der Waals surface area contributed by atoms with Gasteiger partial charge in [0.25, 0.3) is 0 Å². The second-order valence-electron chi connectivity index (χ2n) is 3.70. The van der Waals surface area contributed by atoms with Crippen molar-refractivity contribution in [2.24, 2.45) is 0 Å². The molecule has 0 aromatic carbocycles. The summed E-state index contributed by atoms with van der Waals surface area (Å²) in [5, 5.41) is 5.71. The molecule has 2 N–H and O–H groups in total. The summed E-state index contributed by atoms with van der Waals surface area (Å²) in [6.07, 6.45) is 1.04. The van der Waals surface area contributed by atoms with Crippen LogP contribution in [0.3, 0.4) is 0 Å². The minimum Gasteiger partial charge on any atom is -0.357 e. The molecule has 0 spiro atoms. The van der Waals surface area contributed by atoms with Crippen molar-refractivity contribution in [2.45, 2.75) is 32.7 Å². The summed E-state index contributed by atoms with van der Waals surface area (Å²) in [7, 11) is 3.82. The van der Waals surface area contributed by atoms with E-state index in [0.717, 1.165) is 6.42 Å². The number of nitrogens with zero attached hydrogens (tertiary/aromatic N) is 1. The molecule has 0 rings (SSSR count). The predicted octanol–water partition coefficient (Wildman–Crippen LogP) is 1.12. The minimum atomic E-state index is 0.0695. The Labute approximate surface area is 80.5 Å². The Balaban J connectivity index is 3.84. The van der Waals surface area contributed by atoms with E-state index >= 15 is 0 Å². The van der Waals surface area contributed by atoms with Crippen LogP contribution in [0.1, 0.15) is 27.2 Å². The lowest BCUT2D eigenvalue weighted by molar-refractivity contribution is 0.346. The van der Waals surface area contributed by atoms with Gasteiger partial charge in [-0.3, -0.25) is 5.43 Å². The number of thiocarbonyl (C=S) groups is 1. The molecule has 0 saturated heterocycles. The van der Waals surface area contributed by atoms with Crippen LogP contribution in [0.5, 0.6) is 0 Å². The molecule has 12 heavy (non-hydrogen) atoms. The van der Waals surface area contributed by atoms with E-state index in [2.05, 4.69) is 31.5 Å². The standard InChI is InChI=1S/C8H19N3S/c1-6-8(2,3)9-7(12)10-11(4)5/h6H2,1-5H3,(H2,9,10,12). The molecule has 72 valence electrons. The van der Waals surface area contributed by atoms with E-state index in [0.29, 0.717) is 5.11 Å². The molecule has 0 aromatic heterocycles. The van der Waals surface area contributed by atoms with Crippen molar-refractivity contribution in [3.05, 3.63) is 0 Å². The molecule has 4 heteroatoms. The van der Waals surface area contributed by atoms with E-state index < -0.39 is 0 Å². The van der Waals surface area contributed by atoms with Gasteiger partial charge in [0.05, 0.1) is 0 Å². The van der Waals surface area contributed by atoms with E-state index in [1.807, 2.05) is 19.1 Å². The molecular formula is C8H19N3S. The summed E-state index contributed by atoms with van der Waals surface area (Å²) >= 11 is 5.08. The SMILES string of the molecule is CCC(C)(C)NC(=S)NN(C)C. The van der Waals surface area contributed by atoms with Crippen molar-refractivity contribution >= 4 is 17.3 Å². The maximum absolute atomic E-state index is 5.08. The van der Waals surface area contributed by atoms with Gasteiger partial charge in [0.2, 0.25) is 0 Å². The molecule has 0 aliphatic carbocycles. The highest BCUT2D eigenvalue weighted by atomic mass is 32.1. The fraction of sp³-hybridized carbons (Fsp3) is 0.875. The average molecular weight is 189 g/mol. The minimum absolute atomic E-state index is 0.0695. The normalized spacial score (nSPS) is 11.5. The predicted molar refractivity (Wildman–Crippen MR) is 56.9 cm³/mol. The van der Waals surface area contributed by atoms with Crippen LogP contribution in [0.4, 0.5) is 0 Å². The van der Waals surface area contributed by atoms with Crippen molar-refractivity contribution < 1.29 is 0 Å². The molecule has 0 bridgehead atoms. The Kier molecular flexibility index (Phi) is 4.49. The summed E-state index contributed by atoms with van der Waals surface area (Å²) in [6, 6.07) is 0. The quantitative estimate of drug-likeness (QED) is 0.514. The monoisotopic (exact) mass is 189 g/mol. The number of hydrogen-bond acceptors (Lipinski definition) is 2. The van der Waals surface area contributed by atoms with Crippen molar-refractivity contribution in [3.63, 3.8) is 0 Å². The Morgan fingerprint density at radius 3 is 2.25 bits per heavy atom. The number of nitrogens with one attached hydrogen (secondary N) is 2. The molecule has 0 radical (unpaired) electrons. The summed E-state index contributed by atoms with van der Waals surface area (Å²) in [5.41, 5.74) is 3.06. The van der Waals surface area contributed by atoms with Crippen LogP contribution in [-0.4, -0.2) is 29.8 Å². The topological polar surface area (TPSA) is 27.3 Å². The summed E-state index contributed by atoms with van der Waals surface area (Å²) in [5.74, 6) is 0. The van der Waals surface area contributed by atoms with Crippen molar-refractivity contribution in [3.8, 4) is 0 Å². The lowest BCUT2D eigenvalue weighted by Crippen LogP contribution is -2.51. The summed E-state index contributed by atoms with van der Waals surface area (Å²) < 4.78 is 0. The van der Waals surface area contributed by atoms with Crippen LogP contribution in [0.25, 0.3) is 0 Å². The lowest BCUT2D eigenvalue weighted by Gasteiger charge is -2.27. The van der Waals surface area contributed by atoms with Crippen molar-refractivity contribution in [1.29, 1.82) is 0 Å². The fourth-order valence-corrected chi connectivity index (χ4v) is 1.09. The first-order valence-corrected chi connectivity index (χ1v) is 4.54. The van der Waals surface area contributed by atoms with Gasteiger partial charge in [-0.05, 0) is 32.5 Å². The van der Waals surface area contributed by atoms with Gasteiger partial charge < -0.3 is 5.32 Å². The zero-order valence-electron chi connectivity index (χ0n) is 8.56. The number of hydrazine groups is 1. The maximum Gasteiger partial charge on any atom is 0.181 e. The van der Waals surface area contributed by atoms with Crippen LogP contribution < -0.4 is 10.7 Å². The number of rotatable bonds is 3. The molecule has 3 nitrogen and oxygen atoms in total. The third kappa shape index (κ3) is 5.32. The average Bonchev–Trinajstić information content (AvgIpc) is 1.84. The molecule has 0 unspecified atom stereocenters. The molecule has 0 amide bonds. The van der Waals surface area contributed by atoms with Crippen LogP contribution in [0.15, 0.2) is 0 Å². The Hall–Kier alpha value is -0.350. The van der Waals surface area contributed by atoms with Crippen LogP contribution in [0.2, 0.25) is 0 Å². The molecule has 0 heterocycles. The third-order valence-corrected chi connectivity index (χ3v) is 1.85. The third-order valence-electron chi connectivity index (χ3n) is 1.66. The van der Waals surface area contributed by atoms with Crippen molar-refractivity contribution in [2.75, 3.05) is 14.1 Å². The van der Waals surface area contributed by atoms with Gasteiger partial charge >= 0.3 is 0 Å². The zero-order valence-corrected chi connectivity index (χ0v) is 9.38. The summed E-state index contributed by atoms with van der Waals surface area (Å²) in [4.78, 5) is 0. The van der Waals surface area contributed by atoms with Gasteiger partial charge in [0, 0.05) is 19.6 Å². The molecule has 0 saturated carbocycles. The first-order valence-electron chi connectivity index (χ1n) is 4.13. The number of hydrogen-bond donors (Lipinski definition) is 2. The lowest BCUT2D eigenvalue weighted by atomic mass is 10.0. The smallest absolute Gasteiger partial charge is 0.181 e. The Morgan fingerprint density at radius 1 is 1.42 bits per heavy atom. The van der Waals surface area contributed by atoms with E-state index in [1.165, 1.54) is 0 Å². The van der Waals surface area contributed by atoms with Gasteiger partial charge in [0.1, 0.15) is 0 Å². The molecular weight excluding hydrogens is 170 g/mol. The van der Waals surface area contributed by atoms with E-state index in [1.54, 1.807) is 0 Å². The first-order chi connectivity index (χ1) is 5.37. The van der Waals surface area contributed by atoms with Gasteiger partial charge in [-0.15, -0.1) is 0 Å². The van der Waals surface area contributed by atoms with Crippen LogP contribution in [0, 0.1) is 0 Å². The molecule has 0 aliphatic heterocycles. The first kappa shape index (κ1) is 11.6.